The largest absolute Gasteiger partial charge is 0.456 e. The first-order chi connectivity index (χ1) is 13.5. The number of nitrogens with one attached hydrogen (secondary N) is 2. The zero-order chi connectivity index (χ0) is 20.4. The highest BCUT2D eigenvalue weighted by Gasteiger charge is 2.24. The fourth-order valence-electron chi connectivity index (χ4n) is 2.93. The van der Waals surface area contributed by atoms with Crippen LogP contribution < -0.4 is 10.6 Å². The summed E-state index contributed by atoms with van der Waals surface area (Å²) in [5.41, 5.74) is 0.829. The van der Waals surface area contributed by atoms with Gasteiger partial charge >= 0.3 is 5.97 Å². The first-order valence-electron chi connectivity index (χ1n) is 9.89. The van der Waals surface area contributed by atoms with Gasteiger partial charge in [-0.2, -0.15) is 0 Å². The monoisotopic (exact) mass is 386 g/mol. The lowest BCUT2D eigenvalue weighted by Crippen LogP contribution is -2.38. The fourth-order valence-corrected chi connectivity index (χ4v) is 2.93. The van der Waals surface area contributed by atoms with Gasteiger partial charge in [-0.3, -0.25) is 14.4 Å². The molecule has 152 valence electrons. The van der Waals surface area contributed by atoms with E-state index in [0.717, 1.165) is 5.56 Å². The summed E-state index contributed by atoms with van der Waals surface area (Å²) in [4.78, 5) is 37.0. The lowest BCUT2D eigenvalue weighted by Gasteiger charge is -2.22. The van der Waals surface area contributed by atoms with Gasteiger partial charge < -0.3 is 15.4 Å². The van der Waals surface area contributed by atoms with Gasteiger partial charge in [0.2, 0.25) is 11.8 Å². The maximum absolute atomic E-state index is 12.7. The van der Waals surface area contributed by atoms with E-state index >= 15 is 0 Å². The molecule has 6 nitrogen and oxygen atoms in total. The van der Waals surface area contributed by atoms with Crippen molar-refractivity contribution < 1.29 is 19.1 Å². The average Bonchev–Trinajstić information content (AvgIpc) is 2.68. The number of allylic oxidation sites excluding steroid dienone is 2. The van der Waals surface area contributed by atoms with Gasteiger partial charge in [0.05, 0.1) is 12.5 Å². The van der Waals surface area contributed by atoms with Crippen LogP contribution in [0.15, 0.2) is 42.5 Å². The minimum absolute atomic E-state index is 0.125. The van der Waals surface area contributed by atoms with Gasteiger partial charge in [0.1, 0.15) is 6.10 Å². The van der Waals surface area contributed by atoms with Crippen LogP contribution in [0.1, 0.15) is 51.2 Å². The summed E-state index contributed by atoms with van der Waals surface area (Å²) in [6.45, 7) is 4.82. The van der Waals surface area contributed by atoms with Gasteiger partial charge in [0.15, 0.2) is 0 Å². The molecule has 2 rings (SSSR count). The van der Waals surface area contributed by atoms with Crippen LogP contribution in [0.5, 0.6) is 0 Å². The Morgan fingerprint density at radius 3 is 2.68 bits per heavy atom. The van der Waals surface area contributed by atoms with Crippen LogP contribution >= 0.6 is 0 Å². The molecule has 0 saturated carbocycles. The third-order valence-corrected chi connectivity index (χ3v) is 4.52. The highest BCUT2D eigenvalue weighted by Crippen LogP contribution is 2.19. The number of amides is 2. The van der Waals surface area contributed by atoms with Crippen LogP contribution in [0, 0.1) is 11.8 Å². The Kier molecular flexibility index (Phi) is 8.72. The first kappa shape index (κ1) is 21.7. The minimum atomic E-state index is -0.545. The number of benzene rings is 1. The number of carbonyl (C=O) groups excluding carboxylic acids is 3. The third kappa shape index (κ3) is 7.55. The molecular formula is C22H30N2O4. The maximum Gasteiger partial charge on any atom is 0.306 e. The highest BCUT2D eigenvalue weighted by molar-refractivity contribution is 5.86. The van der Waals surface area contributed by atoms with Crippen LogP contribution in [0.4, 0.5) is 0 Å². The SMILES string of the molecule is CC(C)CNC(=O)C[C@@H]1C/C=C/CCC(=O)O[C@@H](c2ccccc2)CNC1=O. The molecule has 2 N–H and O–H groups in total. The topological polar surface area (TPSA) is 84.5 Å². The lowest BCUT2D eigenvalue weighted by atomic mass is 9.98. The molecule has 0 saturated heterocycles. The molecule has 0 aromatic heterocycles. The molecule has 1 aliphatic rings. The summed E-state index contributed by atoms with van der Waals surface area (Å²) in [6.07, 6.45) is 4.62. The molecule has 0 spiro atoms. The van der Waals surface area contributed by atoms with E-state index in [1.807, 2.05) is 56.3 Å². The number of cyclic esters (lactones) is 1. The molecular weight excluding hydrogens is 356 g/mol. The van der Waals surface area contributed by atoms with Crippen molar-refractivity contribution >= 4 is 17.8 Å². The van der Waals surface area contributed by atoms with E-state index in [0.29, 0.717) is 25.3 Å². The van der Waals surface area contributed by atoms with Crippen molar-refractivity contribution in [3.05, 3.63) is 48.0 Å². The fraction of sp³-hybridized carbons (Fsp3) is 0.500. The Bertz CT molecular complexity index is 685. The van der Waals surface area contributed by atoms with Crippen molar-refractivity contribution in [1.82, 2.24) is 10.6 Å². The van der Waals surface area contributed by atoms with Gasteiger partial charge in [-0.25, -0.2) is 0 Å². The zero-order valence-electron chi connectivity index (χ0n) is 16.6. The van der Waals surface area contributed by atoms with Gasteiger partial charge in [0, 0.05) is 19.4 Å². The maximum atomic E-state index is 12.7. The van der Waals surface area contributed by atoms with Crippen LogP contribution in [-0.2, 0) is 19.1 Å². The van der Waals surface area contributed by atoms with Crippen molar-refractivity contribution in [2.75, 3.05) is 13.1 Å². The van der Waals surface area contributed by atoms with Crippen molar-refractivity contribution in [1.29, 1.82) is 0 Å². The summed E-state index contributed by atoms with van der Waals surface area (Å²) in [5, 5.41) is 5.72. The molecule has 0 radical (unpaired) electrons. The number of hydrogen-bond donors (Lipinski definition) is 2. The van der Waals surface area contributed by atoms with Crippen LogP contribution in [0.3, 0.4) is 0 Å². The van der Waals surface area contributed by atoms with E-state index in [4.69, 9.17) is 4.74 Å². The lowest BCUT2D eigenvalue weighted by molar-refractivity contribution is -0.150. The molecule has 0 bridgehead atoms. The Morgan fingerprint density at radius 1 is 1.21 bits per heavy atom. The molecule has 0 aliphatic carbocycles. The van der Waals surface area contributed by atoms with Crippen molar-refractivity contribution in [3.63, 3.8) is 0 Å². The van der Waals surface area contributed by atoms with Gasteiger partial charge in [-0.15, -0.1) is 0 Å². The van der Waals surface area contributed by atoms with Crippen molar-refractivity contribution in [2.45, 2.75) is 45.6 Å². The first-order valence-corrected chi connectivity index (χ1v) is 9.89. The molecule has 1 aromatic carbocycles. The highest BCUT2D eigenvalue weighted by atomic mass is 16.5. The molecule has 2 atom stereocenters. The van der Waals surface area contributed by atoms with E-state index in [1.54, 1.807) is 0 Å². The second-order valence-corrected chi connectivity index (χ2v) is 7.48. The quantitative estimate of drug-likeness (QED) is 0.602. The molecule has 28 heavy (non-hydrogen) atoms. The second kappa shape index (κ2) is 11.3. The smallest absolute Gasteiger partial charge is 0.306 e. The van der Waals surface area contributed by atoms with Crippen molar-refractivity contribution in [2.24, 2.45) is 11.8 Å². The van der Waals surface area contributed by atoms with E-state index in [-0.39, 0.29) is 37.2 Å². The molecule has 1 aliphatic heterocycles. The van der Waals surface area contributed by atoms with Gasteiger partial charge in [0.25, 0.3) is 0 Å². The number of carbonyl (C=O) groups is 3. The predicted octanol–water partition coefficient (Wildman–Crippen LogP) is 2.91. The molecule has 0 fully saturated rings. The third-order valence-electron chi connectivity index (χ3n) is 4.52. The Balaban J connectivity index is 2.07. The Labute approximate surface area is 166 Å². The molecule has 6 heteroatoms. The van der Waals surface area contributed by atoms with Crippen LogP contribution in [0.25, 0.3) is 0 Å². The van der Waals surface area contributed by atoms with Crippen molar-refractivity contribution in [3.8, 4) is 0 Å². The standard InChI is InChI=1S/C22H30N2O4/c1-16(2)14-23-20(25)13-18-11-7-4-8-12-21(26)28-19(15-24-22(18)27)17-9-5-3-6-10-17/h3-7,9-10,16,18-19H,8,11-15H2,1-2H3,(H,23,25)(H,24,27)/b7-4+/t18-,19+/m0/s1. The summed E-state index contributed by atoms with van der Waals surface area (Å²) in [6, 6.07) is 9.35. The summed E-state index contributed by atoms with van der Waals surface area (Å²) in [5.74, 6) is -0.717. The summed E-state index contributed by atoms with van der Waals surface area (Å²) >= 11 is 0. The van der Waals surface area contributed by atoms with E-state index < -0.39 is 12.0 Å². The summed E-state index contributed by atoms with van der Waals surface area (Å²) < 4.78 is 5.57. The van der Waals surface area contributed by atoms with E-state index in [2.05, 4.69) is 10.6 Å². The Hall–Kier alpha value is -2.63. The van der Waals surface area contributed by atoms with E-state index in [9.17, 15) is 14.4 Å². The number of esters is 1. The molecule has 1 aromatic rings. The summed E-state index contributed by atoms with van der Waals surface area (Å²) in [7, 11) is 0. The minimum Gasteiger partial charge on any atom is -0.456 e. The normalized spacial score (nSPS) is 22.4. The predicted molar refractivity (Wildman–Crippen MR) is 107 cm³/mol. The average molecular weight is 386 g/mol. The van der Waals surface area contributed by atoms with Crippen LogP contribution in [0.2, 0.25) is 0 Å². The van der Waals surface area contributed by atoms with Crippen LogP contribution in [-0.4, -0.2) is 30.9 Å². The number of ether oxygens (including phenoxy) is 1. The number of hydrogen-bond acceptors (Lipinski definition) is 4. The molecule has 2 amide bonds. The van der Waals surface area contributed by atoms with Gasteiger partial charge in [-0.05, 0) is 24.3 Å². The second-order valence-electron chi connectivity index (χ2n) is 7.48. The zero-order valence-corrected chi connectivity index (χ0v) is 16.6. The molecule has 1 heterocycles. The Morgan fingerprint density at radius 2 is 1.96 bits per heavy atom. The number of rotatable bonds is 5. The van der Waals surface area contributed by atoms with E-state index in [1.165, 1.54) is 0 Å². The molecule has 0 unspecified atom stereocenters. The van der Waals surface area contributed by atoms with Gasteiger partial charge in [-0.1, -0.05) is 56.3 Å².